The molecule has 0 fully saturated rings. The van der Waals surface area contributed by atoms with Gasteiger partial charge in [-0.3, -0.25) is 0 Å². The maximum absolute atomic E-state index is 5.67. The first-order valence-electron chi connectivity index (χ1n) is 8.08. The van der Waals surface area contributed by atoms with Crippen molar-refractivity contribution in [3.63, 3.8) is 0 Å². The molecule has 0 aliphatic carbocycles. The summed E-state index contributed by atoms with van der Waals surface area (Å²) in [6.07, 6.45) is 9.33. The first-order chi connectivity index (χ1) is 11.9. The van der Waals surface area contributed by atoms with Gasteiger partial charge < -0.3 is 24.8 Å². The highest BCUT2D eigenvalue weighted by Gasteiger charge is 2.01. The maximum atomic E-state index is 5.67. The molecular weight excluding hydrogens is 304 g/mol. The van der Waals surface area contributed by atoms with Crippen LogP contribution in [0.25, 0.3) is 0 Å². The minimum atomic E-state index is 0.535. The number of rotatable bonds is 14. The molecule has 1 aromatic carbocycles. The van der Waals surface area contributed by atoms with Crippen molar-refractivity contribution in [3.8, 4) is 5.75 Å². The Balaban J connectivity index is 2.11. The van der Waals surface area contributed by atoms with Crippen molar-refractivity contribution in [1.29, 1.82) is 0 Å². The molecular formula is C19H28N2O3. The molecule has 1 aromatic rings. The highest BCUT2D eigenvalue weighted by Crippen LogP contribution is 2.23. The fourth-order valence-electron chi connectivity index (χ4n) is 1.81. The summed E-state index contributed by atoms with van der Waals surface area (Å²) in [6, 6.07) is 7.86. The molecule has 0 unspecified atom stereocenters. The van der Waals surface area contributed by atoms with E-state index < -0.39 is 0 Å². The molecule has 0 radical (unpaired) electrons. The van der Waals surface area contributed by atoms with E-state index in [-0.39, 0.29) is 0 Å². The summed E-state index contributed by atoms with van der Waals surface area (Å²) >= 11 is 0. The third kappa shape index (κ3) is 9.71. The molecule has 0 aliphatic rings. The van der Waals surface area contributed by atoms with Crippen LogP contribution in [0.2, 0.25) is 0 Å². The van der Waals surface area contributed by atoms with Crippen LogP contribution in [0.1, 0.15) is 0 Å². The van der Waals surface area contributed by atoms with E-state index in [0.717, 1.165) is 24.5 Å². The summed E-state index contributed by atoms with van der Waals surface area (Å²) in [7, 11) is 1.66. The van der Waals surface area contributed by atoms with Crippen molar-refractivity contribution in [2.45, 2.75) is 0 Å². The molecule has 1 rings (SSSR count). The topological polar surface area (TPSA) is 51.8 Å². The molecule has 0 spiro atoms. The van der Waals surface area contributed by atoms with Crippen molar-refractivity contribution in [2.75, 3.05) is 51.9 Å². The zero-order valence-electron chi connectivity index (χ0n) is 14.4. The zero-order valence-corrected chi connectivity index (χ0v) is 14.4. The number of hydrogen-bond donors (Lipinski definition) is 2. The van der Waals surface area contributed by atoms with Gasteiger partial charge in [-0.05, 0) is 24.4 Å². The summed E-state index contributed by atoms with van der Waals surface area (Å²) in [6.45, 7) is 7.49. The van der Waals surface area contributed by atoms with E-state index in [1.54, 1.807) is 13.2 Å². The van der Waals surface area contributed by atoms with Crippen LogP contribution >= 0.6 is 0 Å². The SMILES string of the molecule is C=C/C=C\C=C\NCCOCCNc1ccccc1OCCOC. The second kappa shape index (κ2) is 14.4. The number of hydrogen-bond acceptors (Lipinski definition) is 5. The zero-order chi connectivity index (χ0) is 17.3. The Kier molecular flexibility index (Phi) is 11.8. The number of benzene rings is 1. The van der Waals surface area contributed by atoms with Gasteiger partial charge >= 0.3 is 0 Å². The van der Waals surface area contributed by atoms with E-state index in [9.17, 15) is 0 Å². The van der Waals surface area contributed by atoms with E-state index in [0.29, 0.717) is 26.4 Å². The minimum Gasteiger partial charge on any atom is -0.489 e. The lowest BCUT2D eigenvalue weighted by molar-refractivity contribution is 0.145. The second-order valence-electron chi connectivity index (χ2n) is 4.81. The average molecular weight is 332 g/mol. The lowest BCUT2D eigenvalue weighted by Crippen LogP contribution is -2.17. The minimum absolute atomic E-state index is 0.535. The van der Waals surface area contributed by atoms with Gasteiger partial charge in [0.2, 0.25) is 0 Å². The predicted octanol–water partition coefficient (Wildman–Crippen LogP) is 2.99. The number of methoxy groups -OCH3 is 1. The Hall–Kier alpha value is -2.24. The largest absolute Gasteiger partial charge is 0.489 e. The Morgan fingerprint density at radius 1 is 1.00 bits per heavy atom. The van der Waals surface area contributed by atoms with E-state index in [1.807, 2.05) is 48.7 Å². The van der Waals surface area contributed by atoms with E-state index in [2.05, 4.69) is 17.2 Å². The van der Waals surface area contributed by atoms with Gasteiger partial charge in [-0.1, -0.05) is 36.9 Å². The number of para-hydroxylation sites is 2. The Bertz CT molecular complexity index is 501. The van der Waals surface area contributed by atoms with Crippen molar-refractivity contribution < 1.29 is 14.2 Å². The summed E-state index contributed by atoms with van der Waals surface area (Å²) in [5, 5.41) is 6.47. The molecule has 0 heterocycles. The molecule has 2 N–H and O–H groups in total. The van der Waals surface area contributed by atoms with Gasteiger partial charge in [0.05, 0.1) is 25.5 Å². The fourth-order valence-corrected chi connectivity index (χ4v) is 1.81. The first-order valence-corrected chi connectivity index (χ1v) is 8.08. The molecule has 0 atom stereocenters. The molecule has 132 valence electrons. The predicted molar refractivity (Wildman–Crippen MR) is 99.6 cm³/mol. The number of nitrogens with one attached hydrogen (secondary N) is 2. The van der Waals surface area contributed by atoms with Gasteiger partial charge in [0, 0.05) is 20.2 Å². The molecule has 24 heavy (non-hydrogen) atoms. The van der Waals surface area contributed by atoms with Crippen LogP contribution in [0.4, 0.5) is 5.69 Å². The molecule has 0 amide bonds. The van der Waals surface area contributed by atoms with Gasteiger partial charge in [0.1, 0.15) is 12.4 Å². The molecule has 0 aliphatic heterocycles. The van der Waals surface area contributed by atoms with Gasteiger partial charge in [0.25, 0.3) is 0 Å². The molecule has 5 heteroatoms. The van der Waals surface area contributed by atoms with Gasteiger partial charge in [-0.25, -0.2) is 0 Å². The van der Waals surface area contributed by atoms with Crippen molar-refractivity contribution in [3.05, 3.63) is 61.3 Å². The van der Waals surface area contributed by atoms with Crippen LogP contribution in [-0.4, -0.2) is 46.6 Å². The quantitative estimate of drug-likeness (QED) is 0.405. The summed E-state index contributed by atoms with van der Waals surface area (Å²) < 4.78 is 16.2. The lowest BCUT2D eigenvalue weighted by Gasteiger charge is -2.13. The normalized spacial score (nSPS) is 11.0. The van der Waals surface area contributed by atoms with Crippen LogP contribution < -0.4 is 15.4 Å². The second-order valence-corrected chi connectivity index (χ2v) is 4.81. The summed E-state index contributed by atoms with van der Waals surface area (Å²) in [5.74, 6) is 0.828. The van der Waals surface area contributed by atoms with Crippen molar-refractivity contribution in [1.82, 2.24) is 5.32 Å². The third-order valence-electron chi connectivity index (χ3n) is 2.96. The number of ether oxygens (including phenoxy) is 3. The maximum Gasteiger partial charge on any atom is 0.142 e. The van der Waals surface area contributed by atoms with E-state index in [4.69, 9.17) is 14.2 Å². The molecule has 0 bridgehead atoms. The Morgan fingerprint density at radius 2 is 1.83 bits per heavy atom. The van der Waals surface area contributed by atoms with Gasteiger partial charge in [0.15, 0.2) is 0 Å². The fraction of sp³-hybridized carbons (Fsp3) is 0.368. The Morgan fingerprint density at radius 3 is 2.67 bits per heavy atom. The lowest BCUT2D eigenvalue weighted by atomic mass is 10.3. The van der Waals surface area contributed by atoms with Crippen molar-refractivity contribution >= 4 is 5.69 Å². The number of allylic oxidation sites excluding steroid dienone is 4. The summed E-state index contributed by atoms with van der Waals surface area (Å²) in [4.78, 5) is 0. The third-order valence-corrected chi connectivity index (χ3v) is 2.96. The van der Waals surface area contributed by atoms with Crippen LogP contribution in [0, 0.1) is 0 Å². The monoisotopic (exact) mass is 332 g/mol. The van der Waals surface area contributed by atoms with Gasteiger partial charge in [-0.2, -0.15) is 0 Å². The number of anilines is 1. The van der Waals surface area contributed by atoms with Crippen LogP contribution in [0.3, 0.4) is 0 Å². The molecule has 5 nitrogen and oxygen atoms in total. The van der Waals surface area contributed by atoms with Crippen molar-refractivity contribution in [2.24, 2.45) is 0 Å². The highest BCUT2D eigenvalue weighted by molar-refractivity contribution is 5.56. The van der Waals surface area contributed by atoms with Gasteiger partial charge in [-0.15, -0.1) is 0 Å². The van der Waals surface area contributed by atoms with Crippen LogP contribution in [0.5, 0.6) is 5.75 Å². The van der Waals surface area contributed by atoms with E-state index >= 15 is 0 Å². The average Bonchev–Trinajstić information content (AvgIpc) is 2.61. The van der Waals surface area contributed by atoms with E-state index in [1.165, 1.54) is 0 Å². The van der Waals surface area contributed by atoms with Crippen LogP contribution in [0.15, 0.2) is 61.3 Å². The molecule has 0 saturated carbocycles. The van der Waals surface area contributed by atoms with Crippen LogP contribution in [-0.2, 0) is 9.47 Å². The highest BCUT2D eigenvalue weighted by atomic mass is 16.5. The summed E-state index contributed by atoms with van der Waals surface area (Å²) in [5.41, 5.74) is 0.965. The molecule has 0 saturated heterocycles. The first kappa shape index (κ1) is 19.8. The smallest absolute Gasteiger partial charge is 0.142 e. The molecule has 0 aromatic heterocycles. The standard InChI is InChI=1S/C19H28N2O3/c1-3-4-5-8-11-20-12-14-23-15-13-21-18-9-6-7-10-19(18)24-17-16-22-2/h3-11,20-21H,1,12-17H2,2H3/b5-4-,11-8+. The Labute approximate surface area is 145 Å².